The molecule has 0 saturated carbocycles. The number of benzene rings is 1. The van der Waals surface area contributed by atoms with Gasteiger partial charge in [0.25, 0.3) is 5.56 Å². The molecule has 0 atom stereocenters. The predicted octanol–water partition coefficient (Wildman–Crippen LogP) is 3.25. The third-order valence-corrected chi connectivity index (χ3v) is 3.13. The Bertz CT molecular complexity index is 772. The second kappa shape index (κ2) is 6.87. The summed E-state index contributed by atoms with van der Waals surface area (Å²) in [6.07, 6.45) is -3.55. The molecular formula is C15H12ClF3N2O2. The Morgan fingerprint density at radius 3 is 2.61 bits per heavy atom. The van der Waals surface area contributed by atoms with Crippen molar-refractivity contribution in [3.63, 3.8) is 0 Å². The van der Waals surface area contributed by atoms with Gasteiger partial charge in [0.15, 0.2) is 0 Å². The molecule has 2 rings (SSSR count). The highest BCUT2D eigenvalue weighted by Crippen LogP contribution is 2.17. The number of carbonyl (C=O) groups excluding carboxylic acids is 1. The minimum Gasteiger partial charge on any atom is -0.321 e. The minimum atomic E-state index is -4.52. The number of aromatic nitrogens is 1. The van der Waals surface area contributed by atoms with Gasteiger partial charge in [-0.25, -0.2) is 0 Å². The Morgan fingerprint density at radius 2 is 1.96 bits per heavy atom. The zero-order chi connectivity index (χ0) is 17.0. The van der Waals surface area contributed by atoms with Crippen molar-refractivity contribution in [1.29, 1.82) is 0 Å². The van der Waals surface area contributed by atoms with Crippen LogP contribution in [0.4, 0.5) is 18.9 Å². The van der Waals surface area contributed by atoms with E-state index in [2.05, 4.69) is 5.32 Å². The van der Waals surface area contributed by atoms with E-state index in [0.717, 1.165) is 6.20 Å². The fraction of sp³-hybridized carbons (Fsp3) is 0.200. The lowest BCUT2D eigenvalue weighted by molar-refractivity contribution is -0.141. The van der Waals surface area contributed by atoms with Crippen molar-refractivity contribution in [2.24, 2.45) is 0 Å². The van der Waals surface area contributed by atoms with E-state index < -0.39 is 24.2 Å². The standard InChI is InChI=1S/C15H12ClF3N2O2/c16-11-4-1-3-10(7-11)8-13(22)20-12-5-2-6-21(14(12)23)9-15(17,18)19/h1-7H,8-9H2,(H,20,22). The van der Waals surface area contributed by atoms with Crippen LogP contribution in [-0.4, -0.2) is 16.7 Å². The molecule has 0 aliphatic heterocycles. The number of hydrogen-bond donors (Lipinski definition) is 1. The fourth-order valence-corrected chi connectivity index (χ4v) is 2.19. The maximum Gasteiger partial charge on any atom is 0.406 e. The lowest BCUT2D eigenvalue weighted by Gasteiger charge is -2.11. The number of hydrogen-bond acceptors (Lipinski definition) is 2. The minimum absolute atomic E-state index is 0.0475. The second-order valence-electron chi connectivity index (χ2n) is 4.82. The molecule has 0 unspecified atom stereocenters. The summed E-state index contributed by atoms with van der Waals surface area (Å²) in [5.74, 6) is -0.519. The van der Waals surface area contributed by atoms with Gasteiger partial charge in [-0.2, -0.15) is 13.2 Å². The van der Waals surface area contributed by atoms with Gasteiger partial charge in [-0.3, -0.25) is 9.59 Å². The van der Waals surface area contributed by atoms with Gasteiger partial charge in [0, 0.05) is 11.2 Å². The summed E-state index contributed by atoms with van der Waals surface area (Å²) in [4.78, 5) is 23.8. The Labute approximate surface area is 134 Å². The number of nitrogens with one attached hydrogen (secondary N) is 1. The first-order chi connectivity index (χ1) is 10.7. The van der Waals surface area contributed by atoms with E-state index in [4.69, 9.17) is 11.6 Å². The van der Waals surface area contributed by atoms with E-state index in [0.29, 0.717) is 15.2 Å². The Balaban J connectivity index is 2.12. The van der Waals surface area contributed by atoms with Crippen LogP contribution in [-0.2, 0) is 17.8 Å². The molecule has 8 heteroatoms. The van der Waals surface area contributed by atoms with Crippen molar-refractivity contribution < 1.29 is 18.0 Å². The zero-order valence-electron chi connectivity index (χ0n) is 11.7. The highest BCUT2D eigenvalue weighted by atomic mass is 35.5. The first kappa shape index (κ1) is 17.1. The molecule has 1 aromatic heterocycles. The lowest BCUT2D eigenvalue weighted by Crippen LogP contribution is -2.30. The topological polar surface area (TPSA) is 51.1 Å². The fourth-order valence-electron chi connectivity index (χ4n) is 1.98. The molecule has 1 amide bonds. The number of amides is 1. The van der Waals surface area contributed by atoms with Crippen LogP contribution in [0.15, 0.2) is 47.4 Å². The first-order valence-electron chi connectivity index (χ1n) is 6.55. The lowest BCUT2D eigenvalue weighted by atomic mass is 10.1. The third-order valence-electron chi connectivity index (χ3n) is 2.90. The second-order valence-corrected chi connectivity index (χ2v) is 5.26. The van der Waals surface area contributed by atoms with E-state index in [-0.39, 0.29) is 12.1 Å². The van der Waals surface area contributed by atoms with Crippen molar-refractivity contribution in [3.05, 3.63) is 63.5 Å². The number of halogens is 4. The molecule has 2 aromatic rings. The van der Waals surface area contributed by atoms with Crippen LogP contribution >= 0.6 is 11.6 Å². The molecule has 0 fully saturated rings. The molecule has 1 aromatic carbocycles. The molecule has 1 N–H and O–H groups in total. The average Bonchev–Trinajstić information content (AvgIpc) is 2.42. The normalized spacial score (nSPS) is 11.3. The van der Waals surface area contributed by atoms with Gasteiger partial charge < -0.3 is 9.88 Å². The first-order valence-corrected chi connectivity index (χ1v) is 6.93. The number of carbonyl (C=O) groups is 1. The quantitative estimate of drug-likeness (QED) is 0.925. The highest BCUT2D eigenvalue weighted by Gasteiger charge is 2.28. The molecule has 122 valence electrons. The highest BCUT2D eigenvalue weighted by molar-refractivity contribution is 6.30. The molecule has 1 heterocycles. The monoisotopic (exact) mass is 344 g/mol. The summed E-state index contributed by atoms with van der Waals surface area (Å²) in [6, 6.07) is 9.11. The molecular weight excluding hydrogens is 333 g/mol. The molecule has 0 bridgehead atoms. The van der Waals surface area contributed by atoms with Gasteiger partial charge in [0.05, 0.1) is 6.42 Å². The number of alkyl halides is 3. The predicted molar refractivity (Wildman–Crippen MR) is 80.5 cm³/mol. The Kier molecular flexibility index (Phi) is 5.10. The smallest absolute Gasteiger partial charge is 0.321 e. The largest absolute Gasteiger partial charge is 0.406 e. The van der Waals surface area contributed by atoms with E-state index >= 15 is 0 Å². The van der Waals surface area contributed by atoms with Crippen LogP contribution in [0.5, 0.6) is 0 Å². The Hall–Kier alpha value is -2.28. The Morgan fingerprint density at radius 1 is 1.22 bits per heavy atom. The third kappa shape index (κ3) is 5.14. The maximum atomic E-state index is 12.4. The molecule has 0 aliphatic rings. The summed E-state index contributed by atoms with van der Waals surface area (Å²) < 4.78 is 37.6. The summed E-state index contributed by atoms with van der Waals surface area (Å²) in [5.41, 5.74) is -0.491. The van der Waals surface area contributed by atoms with Crippen LogP contribution < -0.4 is 10.9 Å². The summed E-state index contributed by atoms with van der Waals surface area (Å²) in [7, 11) is 0. The van der Waals surface area contributed by atoms with Gasteiger partial charge in [0.1, 0.15) is 12.2 Å². The summed E-state index contributed by atoms with van der Waals surface area (Å²) in [6.45, 7) is -1.41. The number of pyridine rings is 1. The van der Waals surface area contributed by atoms with Gasteiger partial charge in [-0.1, -0.05) is 23.7 Å². The number of anilines is 1. The van der Waals surface area contributed by atoms with E-state index in [9.17, 15) is 22.8 Å². The van der Waals surface area contributed by atoms with Crippen molar-refractivity contribution >= 4 is 23.2 Å². The summed E-state index contributed by atoms with van der Waals surface area (Å²) >= 11 is 5.80. The van der Waals surface area contributed by atoms with Crippen LogP contribution in [0.2, 0.25) is 5.02 Å². The van der Waals surface area contributed by atoms with Gasteiger partial charge in [-0.05, 0) is 29.8 Å². The molecule has 4 nitrogen and oxygen atoms in total. The van der Waals surface area contributed by atoms with Crippen LogP contribution in [0, 0.1) is 0 Å². The maximum absolute atomic E-state index is 12.4. The van der Waals surface area contributed by atoms with Crippen molar-refractivity contribution in [2.75, 3.05) is 5.32 Å². The van der Waals surface area contributed by atoms with Gasteiger partial charge in [0.2, 0.25) is 5.91 Å². The van der Waals surface area contributed by atoms with Crippen LogP contribution in [0.1, 0.15) is 5.56 Å². The molecule has 0 saturated heterocycles. The van der Waals surface area contributed by atoms with E-state index in [1.165, 1.54) is 12.1 Å². The van der Waals surface area contributed by atoms with E-state index in [1.54, 1.807) is 24.3 Å². The van der Waals surface area contributed by atoms with Crippen LogP contribution in [0.3, 0.4) is 0 Å². The van der Waals surface area contributed by atoms with Gasteiger partial charge in [-0.15, -0.1) is 0 Å². The van der Waals surface area contributed by atoms with Crippen LogP contribution in [0.25, 0.3) is 0 Å². The molecule has 0 spiro atoms. The average molecular weight is 345 g/mol. The molecule has 0 radical (unpaired) electrons. The van der Waals surface area contributed by atoms with Gasteiger partial charge >= 0.3 is 6.18 Å². The SMILES string of the molecule is O=C(Cc1cccc(Cl)c1)Nc1cccn(CC(F)(F)F)c1=O. The molecule has 23 heavy (non-hydrogen) atoms. The van der Waals surface area contributed by atoms with Crippen molar-refractivity contribution in [1.82, 2.24) is 4.57 Å². The van der Waals surface area contributed by atoms with Crippen molar-refractivity contribution in [2.45, 2.75) is 19.1 Å². The summed E-state index contributed by atoms with van der Waals surface area (Å²) in [5, 5.41) is 2.78. The number of rotatable bonds is 4. The molecule has 0 aliphatic carbocycles. The van der Waals surface area contributed by atoms with Crippen molar-refractivity contribution in [3.8, 4) is 0 Å². The number of nitrogens with zero attached hydrogens (tertiary/aromatic N) is 1. The zero-order valence-corrected chi connectivity index (χ0v) is 12.5. The van der Waals surface area contributed by atoms with E-state index in [1.807, 2.05) is 0 Å².